The van der Waals surface area contributed by atoms with Gasteiger partial charge >= 0.3 is 6.18 Å². The summed E-state index contributed by atoms with van der Waals surface area (Å²) in [6.45, 7) is 2.25. The first-order valence-corrected chi connectivity index (χ1v) is 5.48. The van der Waals surface area contributed by atoms with E-state index in [1.807, 2.05) is 13.0 Å². The lowest BCUT2D eigenvalue weighted by atomic mass is 10.1. The van der Waals surface area contributed by atoms with Crippen molar-refractivity contribution in [3.05, 3.63) is 41.0 Å². The van der Waals surface area contributed by atoms with Crippen LogP contribution in [0.25, 0.3) is 0 Å². The molecule has 0 fully saturated rings. The van der Waals surface area contributed by atoms with Gasteiger partial charge in [0.25, 0.3) is 0 Å². The third-order valence-electron chi connectivity index (χ3n) is 2.58. The molecular formula is C13H16F3NO. The molecule has 0 saturated heterocycles. The fraction of sp³-hybridized carbons (Fsp3) is 0.385. The molecule has 1 aromatic carbocycles. The summed E-state index contributed by atoms with van der Waals surface area (Å²) in [7, 11) is 1.22. The summed E-state index contributed by atoms with van der Waals surface area (Å²) in [6, 6.07) is 4.07. The van der Waals surface area contributed by atoms with Gasteiger partial charge in [0.15, 0.2) is 0 Å². The van der Waals surface area contributed by atoms with E-state index in [2.05, 4.69) is 0 Å². The van der Waals surface area contributed by atoms with Gasteiger partial charge in [0, 0.05) is 6.54 Å². The summed E-state index contributed by atoms with van der Waals surface area (Å²) >= 11 is 0. The molecule has 0 unspecified atom stereocenters. The maximum atomic E-state index is 12.8. The van der Waals surface area contributed by atoms with E-state index in [1.54, 1.807) is 6.07 Å². The minimum atomic E-state index is -4.41. The Morgan fingerprint density at radius 2 is 2.06 bits per heavy atom. The molecule has 0 aliphatic rings. The van der Waals surface area contributed by atoms with E-state index in [9.17, 15) is 13.2 Å². The van der Waals surface area contributed by atoms with E-state index < -0.39 is 11.7 Å². The van der Waals surface area contributed by atoms with E-state index >= 15 is 0 Å². The highest BCUT2D eigenvalue weighted by atomic mass is 19.4. The third-order valence-corrected chi connectivity index (χ3v) is 2.58. The van der Waals surface area contributed by atoms with Gasteiger partial charge in [0.1, 0.15) is 5.75 Å². The van der Waals surface area contributed by atoms with Crippen molar-refractivity contribution in [1.29, 1.82) is 0 Å². The van der Waals surface area contributed by atoms with Crippen LogP contribution in [0.15, 0.2) is 29.8 Å². The summed E-state index contributed by atoms with van der Waals surface area (Å²) in [4.78, 5) is 0. The fourth-order valence-electron chi connectivity index (χ4n) is 1.48. The highest BCUT2D eigenvalue weighted by Gasteiger charge is 2.34. The van der Waals surface area contributed by atoms with Gasteiger partial charge in [0.2, 0.25) is 0 Å². The van der Waals surface area contributed by atoms with E-state index in [1.165, 1.54) is 13.2 Å². The van der Waals surface area contributed by atoms with Gasteiger partial charge in [-0.05, 0) is 31.0 Å². The Hall–Kier alpha value is -1.49. The van der Waals surface area contributed by atoms with E-state index in [4.69, 9.17) is 10.5 Å². The van der Waals surface area contributed by atoms with Crippen LogP contribution in [0.1, 0.15) is 18.1 Å². The Kier molecular flexibility index (Phi) is 4.78. The van der Waals surface area contributed by atoms with E-state index in [0.717, 1.165) is 11.6 Å². The van der Waals surface area contributed by atoms with Crippen LogP contribution in [-0.2, 0) is 12.6 Å². The number of allylic oxidation sites excluding steroid dienone is 1. The molecule has 0 aliphatic carbocycles. The second kappa shape index (κ2) is 5.91. The zero-order valence-electron chi connectivity index (χ0n) is 10.3. The molecule has 0 saturated carbocycles. The minimum Gasteiger partial charge on any atom is -0.496 e. The quantitative estimate of drug-likeness (QED) is 0.843. The Balaban J connectivity index is 3.04. The molecule has 0 atom stereocenters. The molecule has 0 spiro atoms. The zero-order valence-corrected chi connectivity index (χ0v) is 10.3. The van der Waals surface area contributed by atoms with Gasteiger partial charge in [-0.3, -0.25) is 0 Å². The van der Waals surface area contributed by atoms with E-state index in [0.29, 0.717) is 18.5 Å². The number of alkyl halides is 3. The average molecular weight is 259 g/mol. The van der Waals surface area contributed by atoms with Crippen molar-refractivity contribution in [2.75, 3.05) is 13.7 Å². The highest BCUT2D eigenvalue weighted by molar-refractivity contribution is 5.40. The molecule has 1 rings (SSSR count). The molecule has 0 bridgehead atoms. The van der Waals surface area contributed by atoms with Gasteiger partial charge < -0.3 is 10.5 Å². The molecule has 18 heavy (non-hydrogen) atoms. The number of hydrogen-bond acceptors (Lipinski definition) is 2. The van der Waals surface area contributed by atoms with Crippen molar-refractivity contribution >= 4 is 0 Å². The molecule has 0 amide bonds. The molecule has 2 nitrogen and oxygen atoms in total. The van der Waals surface area contributed by atoms with Crippen LogP contribution in [0.2, 0.25) is 0 Å². The first-order chi connectivity index (χ1) is 8.38. The van der Waals surface area contributed by atoms with Crippen molar-refractivity contribution in [3.63, 3.8) is 0 Å². The predicted molar refractivity (Wildman–Crippen MR) is 64.5 cm³/mol. The lowest BCUT2D eigenvalue weighted by Crippen LogP contribution is -2.08. The molecule has 2 N–H and O–H groups in total. The molecule has 0 heterocycles. The number of benzene rings is 1. The number of halogens is 3. The normalized spacial score (nSPS) is 12.7. The number of ether oxygens (including phenoxy) is 1. The Labute approximate surface area is 104 Å². The molecule has 1 aromatic rings. The second-order valence-electron chi connectivity index (χ2n) is 3.99. The summed E-state index contributed by atoms with van der Waals surface area (Å²) in [5.41, 5.74) is 6.19. The Morgan fingerprint density at radius 1 is 1.39 bits per heavy atom. The van der Waals surface area contributed by atoms with E-state index in [-0.39, 0.29) is 5.75 Å². The van der Waals surface area contributed by atoms with Gasteiger partial charge in [-0.25, -0.2) is 0 Å². The lowest BCUT2D eigenvalue weighted by molar-refractivity contribution is -0.138. The second-order valence-corrected chi connectivity index (χ2v) is 3.99. The number of methoxy groups -OCH3 is 1. The molecule has 0 aromatic heterocycles. The van der Waals surface area contributed by atoms with Crippen LogP contribution in [0, 0.1) is 0 Å². The number of hydrogen-bond donors (Lipinski definition) is 1. The fourth-order valence-corrected chi connectivity index (χ4v) is 1.48. The van der Waals surface area contributed by atoms with Crippen LogP contribution < -0.4 is 10.5 Å². The Morgan fingerprint density at radius 3 is 2.56 bits per heavy atom. The highest BCUT2D eigenvalue weighted by Crippen LogP contribution is 2.36. The van der Waals surface area contributed by atoms with Crippen LogP contribution in [0.5, 0.6) is 5.75 Å². The Bertz CT molecular complexity index is 438. The van der Waals surface area contributed by atoms with Gasteiger partial charge in [-0.1, -0.05) is 17.7 Å². The molecular weight excluding hydrogens is 243 g/mol. The van der Waals surface area contributed by atoms with Crippen LogP contribution in [0.4, 0.5) is 13.2 Å². The average Bonchev–Trinajstić information content (AvgIpc) is 2.34. The number of rotatable bonds is 4. The van der Waals surface area contributed by atoms with Crippen molar-refractivity contribution in [1.82, 2.24) is 0 Å². The monoisotopic (exact) mass is 259 g/mol. The SMILES string of the molecule is COc1ccc(C/C=C(/C)CN)cc1C(F)(F)F. The topological polar surface area (TPSA) is 35.2 Å². The van der Waals surface area contributed by atoms with Gasteiger partial charge in [0.05, 0.1) is 12.7 Å². The third kappa shape index (κ3) is 3.77. The van der Waals surface area contributed by atoms with Crippen molar-refractivity contribution in [3.8, 4) is 5.75 Å². The number of nitrogens with two attached hydrogens (primary N) is 1. The van der Waals surface area contributed by atoms with Crippen molar-refractivity contribution < 1.29 is 17.9 Å². The smallest absolute Gasteiger partial charge is 0.419 e. The summed E-state index contributed by atoms with van der Waals surface area (Å²) in [6.07, 6.45) is -2.16. The van der Waals surface area contributed by atoms with Crippen LogP contribution in [0.3, 0.4) is 0 Å². The first kappa shape index (κ1) is 14.6. The summed E-state index contributed by atoms with van der Waals surface area (Å²) in [5, 5.41) is 0. The largest absolute Gasteiger partial charge is 0.496 e. The molecule has 0 radical (unpaired) electrons. The standard InChI is InChI=1S/C13H16F3NO/c1-9(8-17)3-4-10-5-6-12(18-2)11(7-10)13(14,15)16/h3,5-7H,4,8,17H2,1-2H3/b9-3-. The maximum absolute atomic E-state index is 12.8. The summed E-state index contributed by atoms with van der Waals surface area (Å²) in [5.74, 6) is -0.161. The molecule has 5 heteroatoms. The lowest BCUT2D eigenvalue weighted by Gasteiger charge is -2.13. The zero-order chi connectivity index (χ0) is 13.8. The van der Waals surface area contributed by atoms with Gasteiger partial charge in [-0.2, -0.15) is 13.2 Å². The summed E-state index contributed by atoms with van der Waals surface area (Å²) < 4.78 is 43.0. The van der Waals surface area contributed by atoms with Crippen molar-refractivity contribution in [2.45, 2.75) is 19.5 Å². The predicted octanol–water partition coefficient (Wildman–Crippen LogP) is 3.16. The first-order valence-electron chi connectivity index (χ1n) is 5.48. The minimum absolute atomic E-state index is 0.161. The van der Waals surface area contributed by atoms with Crippen molar-refractivity contribution in [2.24, 2.45) is 5.73 Å². The maximum Gasteiger partial charge on any atom is 0.419 e. The van der Waals surface area contributed by atoms with Gasteiger partial charge in [-0.15, -0.1) is 0 Å². The van der Waals surface area contributed by atoms with Crippen LogP contribution >= 0.6 is 0 Å². The van der Waals surface area contributed by atoms with Crippen LogP contribution in [-0.4, -0.2) is 13.7 Å². The molecule has 0 aliphatic heterocycles. The molecule has 100 valence electrons.